The zero-order valence-electron chi connectivity index (χ0n) is 16.3. The van der Waals surface area contributed by atoms with E-state index in [0.717, 1.165) is 37.1 Å². The molecule has 3 aliphatic rings. The molecule has 1 saturated heterocycles. The minimum Gasteiger partial charge on any atom is -0.348 e. The Morgan fingerprint density at radius 1 is 1.15 bits per heavy atom. The Morgan fingerprint density at radius 2 is 1.89 bits per heavy atom. The van der Waals surface area contributed by atoms with Crippen LogP contribution in [-0.4, -0.2) is 65.6 Å². The van der Waals surface area contributed by atoms with Crippen LogP contribution in [0.4, 0.5) is 4.79 Å². The van der Waals surface area contributed by atoms with Gasteiger partial charge in [0.15, 0.2) is 5.79 Å². The summed E-state index contributed by atoms with van der Waals surface area (Å²) in [6.45, 7) is 7.08. The highest BCUT2D eigenvalue weighted by molar-refractivity contribution is 5.97. The van der Waals surface area contributed by atoms with E-state index < -0.39 is 5.79 Å². The summed E-state index contributed by atoms with van der Waals surface area (Å²) < 4.78 is 14.4. The van der Waals surface area contributed by atoms with Crippen LogP contribution in [-0.2, 0) is 15.9 Å². The summed E-state index contributed by atoms with van der Waals surface area (Å²) in [7, 11) is 1.90. The van der Waals surface area contributed by atoms with Crippen molar-refractivity contribution in [1.82, 2.24) is 14.4 Å². The van der Waals surface area contributed by atoms with Crippen molar-refractivity contribution in [2.45, 2.75) is 44.6 Å². The van der Waals surface area contributed by atoms with E-state index in [9.17, 15) is 4.79 Å². The Labute approximate surface area is 159 Å². The van der Waals surface area contributed by atoms with Gasteiger partial charge in [0, 0.05) is 45.2 Å². The van der Waals surface area contributed by atoms with Gasteiger partial charge in [-0.2, -0.15) is 0 Å². The first-order valence-corrected chi connectivity index (χ1v) is 10.0. The van der Waals surface area contributed by atoms with Gasteiger partial charge in [-0.1, -0.05) is 18.2 Å². The number of amides is 1. The van der Waals surface area contributed by atoms with E-state index in [1.54, 1.807) is 0 Å². The van der Waals surface area contributed by atoms with Crippen LogP contribution in [0.3, 0.4) is 0 Å². The second-order valence-electron chi connectivity index (χ2n) is 7.71. The maximum Gasteiger partial charge on any atom is 0.329 e. The molecule has 6 heteroatoms. The molecule has 1 aromatic carbocycles. The topological polar surface area (TPSA) is 46.9 Å². The fraction of sp³-hybridized carbons (Fsp3) is 0.571. The first-order valence-electron chi connectivity index (χ1n) is 10.0. The van der Waals surface area contributed by atoms with Gasteiger partial charge in [0.25, 0.3) is 0 Å². The number of aromatic nitrogens is 1. The number of fused-ring (bicyclic) bond motifs is 3. The Balaban J connectivity index is 1.77. The first-order chi connectivity index (χ1) is 13.1. The molecule has 2 atom stereocenters. The lowest BCUT2D eigenvalue weighted by Gasteiger charge is -2.57. The van der Waals surface area contributed by atoms with Crippen LogP contribution in [0.2, 0.25) is 0 Å². The molecule has 1 amide bonds. The van der Waals surface area contributed by atoms with Crippen LogP contribution in [0.1, 0.15) is 37.6 Å². The number of carbonyl (C=O) groups is 1. The van der Waals surface area contributed by atoms with E-state index in [0.29, 0.717) is 13.2 Å². The predicted molar refractivity (Wildman–Crippen MR) is 103 cm³/mol. The van der Waals surface area contributed by atoms with E-state index in [2.05, 4.69) is 23.1 Å². The second-order valence-corrected chi connectivity index (χ2v) is 7.71. The zero-order chi connectivity index (χ0) is 18.8. The number of ether oxygens (including phenoxy) is 2. The molecule has 0 radical (unpaired) electrons. The second kappa shape index (κ2) is 6.06. The first kappa shape index (κ1) is 17.2. The third kappa shape index (κ3) is 2.15. The molecule has 4 heterocycles. The maximum atomic E-state index is 13.5. The van der Waals surface area contributed by atoms with Gasteiger partial charge in [-0.05, 0) is 31.9 Å². The lowest BCUT2D eigenvalue weighted by atomic mass is 9.81. The molecule has 0 saturated carbocycles. The highest BCUT2D eigenvalue weighted by Gasteiger charge is 2.58. The molecule has 0 unspecified atom stereocenters. The lowest BCUT2D eigenvalue weighted by molar-refractivity contribution is -0.291. The van der Waals surface area contributed by atoms with Crippen LogP contribution in [0.25, 0.3) is 10.9 Å². The van der Waals surface area contributed by atoms with E-state index in [1.165, 1.54) is 10.9 Å². The smallest absolute Gasteiger partial charge is 0.329 e. The van der Waals surface area contributed by atoms with Gasteiger partial charge in [0.05, 0.1) is 17.3 Å². The number of hydrogen-bond donors (Lipinski definition) is 0. The molecule has 2 aromatic rings. The SMILES string of the molecule is CCOC1(OCC)CCN2CCc3c4n(c5ccccc35)C(=O)N(C)[C@H]1[C@@H]42. The average molecular weight is 369 g/mol. The van der Waals surface area contributed by atoms with Crippen LogP contribution >= 0.6 is 0 Å². The average Bonchev–Trinajstić information content (AvgIpc) is 3.01. The predicted octanol–water partition coefficient (Wildman–Crippen LogP) is 3.00. The molecular weight excluding hydrogens is 342 g/mol. The molecule has 0 bridgehead atoms. The summed E-state index contributed by atoms with van der Waals surface area (Å²) in [4.78, 5) is 17.9. The van der Waals surface area contributed by atoms with Crippen molar-refractivity contribution in [3.8, 4) is 0 Å². The number of piperidine rings is 1. The van der Waals surface area contributed by atoms with E-state index in [-0.39, 0.29) is 18.1 Å². The van der Waals surface area contributed by atoms with Gasteiger partial charge >= 0.3 is 6.03 Å². The van der Waals surface area contributed by atoms with Crippen LogP contribution in [0, 0.1) is 0 Å². The summed E-state index contributed by atoms with van der Waals surface area (Å²) >= 11 is 0. The minimum atomic E-state index is -0.745. The Hall–Kier alpha value is -1.89. The normalized spacial score (nSPS) is 26.5. The third-order valence-corrected chi connectivity index (χ3v) is 6.53. The molecule has 0 spiro atoms. The number of nitrogens with zero attached hydrogens (tertiary/aromatic N) is 3. The number of hydrogen-bond acceptors (Lipinski definition) is 4. The number of likely N-dealkylation sites (N-methyl/N-ethyl adjacent to an activating group) is 1. The maximum absolute atomic E-state index is 13.5. The van der Waals surface area contributed by atoms with Crippen LogP contribution in [0.15, 0.2) is 24.3 Å². The molecule has 1 fully saturated rings. The summed E-state index contributed by atoms with van der Waals surface area (Å²) in [5, 5.41) is 1.21. The van der Waals surface area contributed by atoms with Gasteiger partial charge in [-0.15, -0.1) is 0 Å². The fourth-order valence-corrected chi connectivity index (χ4v) is 5.59. The number of benzene rings is 1. The van der Waals surface area contributed by atoms with E-state index in [1.807, 2.05) is 36.4 Å². The van der Waals surface area contributed by atoms with Crippen molar-refractivity contribution < 1.29 is 14.3 Å². The molecule has 0 N–H and O–H groups in total. The van der Waals surface area contributed by atoms with Crippen molar-refractivity contribution in [1.29, 1.82) is 0 Å². The lowest BCUT2D eigenvalue weighted by Crippen LogP contribution is -2.69. The van der Waals surface area contributed by atoms with Crippen molar-refractivity contribution in [3.05, 3.63) is 35.5 Å². The summed E-state index contributed by atoms with van der Waals surface area (Å²) in [6, 6.07) is 8.26. The highest BCUT2D eigenvalue weighted by Crippen LogP contribution is 2.50. The molecule has 0 aliphatic carbocycles. The number of para-hydroxylation sites is 1. The molecule has 144 valence electrons. The largest absolute Gasteiger partial charge is 0.348 e. The van der Waals surface area contributed by atoms with E-state index >= 15 is 0 Å². The standard InChI is InChI=1S/C21H27N3O3/c1-4-26-21(27-5-2)11-13-23-12-10-15-14-8-6-7-9-16(14)24-17(15)18(23)19(21)22(3)20(24)25/h6-9,18-19H,4-5,10-13H2,1-3H3/t18-,19+/m1/s1. The van der Waals surface area contributed by atoms with Gasteiger partial charge in [0.2, 0.25) is 0 Å². The fourth-order valence-electron chi connectivity index (χ4n) is 5.59. The monoisotopic (exact) mass is 369 g/mol. The van der Waals surface area contributed by atoms with Gasteiger partial charge < -0.3 is 14.4 Å². The van der Waals surface area contributed by atoms with Crippen LogP contribution < -0.4 is 0 Å². The minimum absolute atomic E-state index is 0.0150. The van der Waals surface area contributed by atoms with E-state index in [4.69, 9.17) is 9.47 Å². The Morgan fingerprint density at radius 3 is 2.63 bits per heavy atom. The van der Waals surface area contributed by atoms with Gasteiger partial charge in [-0.3, -0.25) is 9.47 Å². The van der Waals surface area contributed by atoms with Gasteiger partial charge in [0.1, 0.15) is 6.04 Å². The van der Waals surface area contributed by atoms with Crippen molar-refractivity contribution in [2.24, 2.45) is 0 Å². The number of carbonyl (C=O) groups excluding carboxylic acids is 1. The molecule has 27 heavy (non-hydrogen) atoms. The zero-order valence-corrected chi connectivity index (χ0v) is 16.3. The Kier molecular flexibility index (Phi) is 3.86. The van der Waals surface area contributed by atoms with Crippen LogP contribution in [0.5, 0.6) is 0 Å². The van der Waals surface area contributed by atoms with Crippen molar-refractivity contribution in [2.75, 3.05) is 33.4 Å². The quantitative estimate of drug-likeness (QED) is 0.778. The highest BCUT2D eigenvalue weighted by atomic mass is 16.7. The molecule has 5 rings (SSSR count). The summed E-state index contributed by atoms with van der Waals surface area (Å²) in [5.41, 5.74) is 3.49. The van der Waals surface area contributed by atoms with Gasteiger partial charge in [-0.25, -0.2) is 4.79 Å². The molecule has 1 aromatic heterocycles. The molecule has 6 nitrogen and oxygen atoms in total. The number of rotatable bonds is 4. The third-order valence-electron chi connectivity index (χ3n) is 6.53. The molecule has 3 aliphatic heterocycles. The van der Waals surface area contributed by atoms with Crippen molar-refractivity contribution in [3.63, 3.8) is 0 Å². The van der Waals surface area contributed by atoms with Crippen molar-refractivity contribution >= 4 is 16.9 Å². The summed E-state index contributed by atoms with van der Waals surface area (Å²) in [5.74, 6) is -0.745. The summed E-state index contributed by atoms with van der Waals surface area (Å²) in [6.07, 6.45) is 1.77. The molecular formula is C21H27N3O3. The Bertz CT molecular complexity index is 899.